The SMILES string of the molecule is O=C(c1ccc(Cl)cc1)N1CCS[C@@]12C(=O)N(Cc1ccccc1Cl)c1ccc(F)cc12. The minimum absolute atomic E-state index is 0.225. The molecule has 2 amide bonds. The average Bonchev–Trinajstić information content (AvgIpc) is 3.32. The molecule has 0 saturated carbocycles. The largest absolute Gasteiger partial charge is 0.311 e. The van der Waals surface area contributed by atoms with Gasteiger partial charge in [-0.15, -0.1) is 11.8 Å². The number of halogens is 3. The van der Waals surface area contributed by atoms with Crippen molar-refractivity contribution in [3.05, 3.63) is 99.3 Å². The Hall–Kier alpha value is -2.54. The lowest BCUT2D eigenvalue weighted by Gasteiger charge is -2.33. The van der Waals surface area contributed by atoms with Crippen LogP contribution in [0, 0.1) is 5.82 Å². The summed E-state index contributed by atoms with van der Waals surface area (Å²) in [6.45, 7) is 0.593. The first kappa shape index (κ1) is 21.3. The van der Waals surface area contributed by atoms with E-state index in [0.717, 1.165) is 5.56 Å². The van der Waals surface area contributed by atoms with E-state index in [9.17, 15) is 14.0 Å². The Morgan fingerprint density at radius 1 is 1.06 bits per heavy atom. The molecule has 3 aromatic carbocycles. The number of amides is 2. The van der Waals surface area contributed by atoms with Crippen molar-refractivity contribution in [2.45, 2.75) is 11.4 Å². The second kappa shape index (κ2) is 8.10. The van der Waals surface area contributed by atoms with Crippen molar-refractivity contribution in [3.8, 4) is 0 Å². The van der Waals surface area contributed by atoms with Gasteiger partial charge in [0.2, 0.25) is 0 Å². The van der Waals surface area contributed by atoms with Gasteiger partial charge in [0, 0.05) is 33.5 Å². The molecule has 0 aliphatic carbocycles. The summed E-state index contributed by atoms with van der Waals surface area (Å²) in [6.07, 6.45) is 0. The molecule has 1 saturated heterocycles. The van der Waals surface area contributed by atoms with Crippen LogP contribution in [-0.4, -0.2) is 29.0 Å². The standard InChI is InChI=1S/C24H17Cl2FN2O2S/c25-17-7-5-15(6-8-17)22(30)29-11-12-32-24(29)19-13-18(27)9-10-21(19)28(23(24)31)14-16-3-1-2-4-20(16)26/h1-10,13H,11-12,14H2/t24-/m0/s1. The number of nitrogens with zero attached hydrogens (tertiary/aromatic N) is 2. The van der Waals surface area contributed by atoms with E-state index >= 15 is 0 Å². The Balaban J connectivity index is 1.60. The Morgan fingerprint density at radius 2 is 1.81 bits per heavy atom. The molecule has 0 unspecified atom stereocenters. The van der Waals surface area contributed by atoms with Crippen LogP contribution < -0.4 is 4.90 Å². The quantitative estimate of drug-likeness (QED) is 0.475. The van der Waals surface area contributed by atoms with E-state index in [1.807, 2.05) is 18.2 Å². The Morgan fingerprint density at radius 3 is 2.56 bits per heavy atom. The summed E-state index contributed by atoms with van der Waals surface area (Å²) in [5.74, 6) is -0.472. The fourth-order valence-corrected chi connectivity index (χ4v) is 6.06. The van der Waals surface area contributed by atoms with Crippen LogP contribution in [0.3, 0.4) is 0 Å². The van der Waals surface area contributed by atoms with Crippen LogP contribution in [0.1, 0.15) is 21.5 Å². The number of carbonyl (C=O) groups is 2. The molecule has 3 aromatic rings. The van der Waals surface area contributed by atoms with Crippen LogP contribution in [0.4, 0.5) is 10.1 Å². The zero-order valence-electron chi connectivity index (χ0n) is 16.7. The van der Waals surface area contributed by atoms with E-state index in [2.05, 4.69) is 0 Å². The van der Waals surface area contributed by atoms with Crippen LogP contribution in [0.2, 0.25) is 10.0 Å². The topological polar surface area (TPSA) is 40.6 Å². The number of fused-ring (bicyclic) bond motifs is 2. The van der Waals surface area contributed by atoms with Gasteiger partial charge in [-0.05, 0) is 54.1 Å². The van der Waals surface area contributed by atoms with Crippen LogP contribution >= 0.6 is 35.0 Å². The highest BCUT2D eigenvalue weighted by Crippen LogP contribution is 2.55. The molecule has 1 spiro atoms. The Kier molecular flexibility index (Phi) is 5.40. The summed E-state index contributed by atoms with van der Waals surface area (Å²) >= 11 is 13.7. The third-order valence-electron chi connectivity index (χ3n) is 5.78. The zero-order valence-corrected chi connectivity index (χ0v) is 19.1. The molecule has 0 aromatic heterocycles. The second-order valence-corrected chi connectivity index (χ2v) is 9.73. The number of thioether (sulfide) groups is 1. The third-order valence-corrected chi connectivity index (χ3v) is 7.82. The predicted molar refractivity (Wildman–Crippen MR) is 126 cm³/mol. The van der Waals surface area contributed by atoms with Crippen LogP contribution in [0.15, 0.2) is 66.7 Å². The van der Waals surface area contributed by atoms with Crippen molar-refractivity contribution in [3.63, 3.8) is 0 Å². The smallest absolute Gasteiger partial charge is 0.268 e. The van der Waals surface area contributed by atoms with Gasteiger partial charge < -0.3 is 9.80 Å². The third kappa shape index (κ3) is 3.29. The highest BCUT2D eigenvalue weighted by atomic mass is 35.5. The number of hydrogen-bond acceptors (Lipinski definition) is 3. The molecule has 162 valence electrons. The van der Waals surface area contributed by atoms with E-state index in [4.69, 9.17) is 23.2 Å². The molecule has 2 heterocycles. The van der Waals surface area contributed by atoms with E-state index in [0.29, 0.717) is 39.2 Å². The fourth-order valence-electron chi connectivity index (χ4n) is 4.29. The number of anilines is 1. The van der Waals surface area contributed by atoms with Gasteiger partial charge in [0.1, 0.15) is 5.82 Å². The van der Waals surface area contributed by atoms with E-state index < -0.39 is 10.7 Å². The summed E-state index contributed by atoms with van der Waals surface area (Å²) in [5.41, 5.74) is 2.26. The molecule has 1 atom stereocenters. The summed E-state index contributed by atoms with van der Waals surface area (Å²) in [6, 6.07) is 18.1. The maximum Gasteiger partial charge on any atom is 0.268 e. The molecule has 0 bridgehead atoms. The van der Waals surface area contributed by atoms with E-state index in [-0.39, 0.29) is 18.4 Å². The number of hydrogen-bond donors (Lipinski definition) is 0. The summed E-state index contributed by atoms with van der Waals surface area (Å²) < 4.78 is 14.4. The van der Waals surface area contributed by atoms with Gasteiger partial charge in [-0.2, -0.15) is 0 Å². The number of benzene rings is 3. The Labute approximate surface area is 198 Å². The molecule has 2 aliphatic rings. The molecular weight excluding hydrogens is 470 g/mol. The van der Waals surface area contributed by atoms with Crippen molar-refractivity contribution in [1.82, 2.24) is 4.90 Å². The first-order valence-electron chi connectivity index (χ1n) is 9.99. The highest BCUT2D eigenvalue weighted by molar-refractivity contribution is 8.01. The molecule has 2 aliphatic heterocycles. The van der Waals surface area contributed by atoms with Gasteiger partial charge >= 0.3 is 0 Å². The minimum atomic E-state index is -1.32. The van der Waals surface area contributed by atoms with Gasteiger partial charge in [-0.1, -0.05) is 41.4 Å². The first-order chi connectivity index (χ1) is 15.4. The predicted octanol–water partition coefficient (Wildman–Crippen LogP) is 5.72. The lowest BCUT2D eigenvalue weighted by atomic mass is 10.0. The van der Waals surface area contributed by atoms with Gasteiger partial charge in [0.15, 0.2) is 4.87 Å². The van der Waals surface area contributed by atoms with Crippen molar-refractivity contribution >= 4 is 52.5 Å². The second-order valence-electron chi connectivity index (χ2n) is 7.60. The van der Waals surface area contributed by atoms with Gasteiger partial charge in [0.25, 0.3) is 11.8 Å². The molecular formula is C24H17Cl2FN2O2S. The number of rotatable bonds is 3. The van der Waals surface area contributed by atoms with Crippen LogP contribution in [0.5, 0.6) is 0 Å². The summed E-state index contributed by atoms with van der Waals surface area (Å²) in [5, 5.41) is 1.06. The molecule has 4 nitrogen and oxygen atoms in total. The van der Waals surface area contributed by atoms with Crippen molar-refractivity contribution < 1.29 is 14.0 Å². The fraction of sp³-hybridized carbons (Fsp3) is 0.167. The van der Waals surface area contributed by atoms with Gasteiger partial charge in [-0.3, -0.25) is 9.59 Å². The van der Waals surface area contributed by atoms with E-state index in [1.54, 1.807) is 46.2 Å². The molecule has 32 heavy (non-hydrogen) atoms. The highest BCUT2D eigenvalue weighted by Gasteiger charge is 2.59. The van der Waals surface area contributed by atoms with Crippen molar-refractivity contribution in [2.75, 3.05) is 17.2 Å². The summed E-state index contributed by atoms with van der Waals surface area (Å²) in [4.78, 5) is 29.2. The summed E-state index contributed by atoms with van der Waals surface area (Å²) in [7, 11) is 0. The molecule has 1 fully saturated rings. The average molecular weight is 487 g/mol. The lowest BCUT2D eigenvalue weighted by molar-refractivity contribution is -0.123. The van der Waals surface area contributed by atoms with Gasteiger partial charge in [0.05, 0.1) is 12.2 Å². The first-order valence-corrected chi connectivity index (χ1v) is 11.7. The molecule has 8 heteroatoms. The number of carbonyl (C=O) groups excluding carboxylic acids is 2. The van der Waals surface area contributed by atoms with E-state index in [1.165, 1.54) is 23.9 Å². The van der Waals surface area contributed by atoms with Crippen molar-refractivity contribution in [1.29, 1.82) is 0 Å². The van der Waals surface area contributed by atoms with Crippen molar-refractivity contribution in [2.24, 2.45) is 0 Å². The minimum Gasteiger partial charge on any atom is -0.311 e. The zero-order chi connectivity index (χ0) is 22.5. The van der Waals surface area contributed by atoms with Crippen LogP contribution in [-0.2, 0) is 16.2 Å². The normalized spacial score (nSPS) is 19.7. The lowest BCUT2D eigenvalue weighted by Crippen LogP contribution is -2.50. The monoisotopic (exact) mass is 486 g/mol. The molecule has 0 radical (unpaired) electrons. The maximum absolute atomic E-state index is 14.4. The Bertz CT molecular complexity index is 1240. The molecule has 0 N–H and O–H groups in total. The molecule has 5 rings (SSSR count). The van der Waals surface area contributed by atoms with Crippen LogP contribution in [0.25, 0.3) is 0 Å². The maximum atomic E-state index is 14.4. The van der Waals surface area contributed by atoms with Gasteiger partial charge in [-0.25, -0.2) is 4.39 Å².